The molecule has 1 rings (SSSR count). The largest absolute Gasteiger partial charge is 0.316 e. The average molecular weight is 144 g/mol. The second kappa shape index (κ2) is 4.18. The number of nitrogens with one attached hydrogen (secondary N) is 1. The molecule has 0 spiro atoms. The minimum atomic E-state index is 0.938. The van der Waals surface area contributed by atoms with Crippen molar-refractivity contribution in [1.29, 1.82) is 0 Å². The second-order valence-corrected chi connectivity index (χ2v) is 3.11. The Labute approximate surface area is 62.6 Å². The Hall–Kier alpha value is 0.310. The van der Waals surface area contributed by atoms with Crippen molar-refractivity contribution < 1.29 is 0 Å². The molecule has 1 radical (unpaired) electrons. The quantitative estimate of drug-likeness (QED) is 0.634. The fraction of sp³-hybridized carbons (Fsp3) is 1.00. The Kier molecular flexibility index (Phi) is 3.44. The third kappa shape index (κ3) is 2.59. The van der Waals surface area contributed by atoms with Gasteiger partial charge in [-0.3, -0.25) is 0 Å². The van der Waals surface area contributed by atoms with Crippen molar-refractivity contribution in [3.8, 4) is 0 Å². The molecule has 1 saturated heterocycles. The smallest absolute Gasteiger partial charge is 0.00370 e. The minimum Gasteiger partial charge on any atom is -0.316 e. The maximum Gasteiger partial charge on any atom is 0.00370 e. The van der Waals surface area contributed by atoms with E-state index in [1.807, 2.05) is 0 Å². The van der Waals surface area contributed by atoms with E-state index in [1.54, 1.807) is 0 Å². The van der Waals surface area contributed by atoms with Crippen LogP contribution in [0, 0.1) is 5.92 Å². The van der Waals surface area contributed by atoms with Crippen molar-refractivity contribution in [3.05, 3.63) is 0 Å². The van der Waals surface area contributed by atoms with E-state index in [4.69, 9.17) is 12.6 Å². The maximum atomic E-state index is 4.87. The van der Waals surface area contributed by atoms with Gasteiger partial charge in [0.2, 0.25) is 0 Å². The monoisotopic (exact) mass is 144 g/mol. The summed E-state index contributed by atoms with van der Waals surface area (Å²) in [7, 11) is 0. The molecule has 0 amide bonds. The van der Waals surface area contributed by atoms with Gasteiger partial charge in [0.05, 0.1) is 0 Å². The van der Waals surface area contributed by atoms with Gasteiger partial charge >= 0.3 is 0 Å². The van der Waals surface area contributed by atoms with E-state index in [2.05, 4.69) is 5.32 Å². The van der Waals surface area contributed by atoms with Crippen LogP contribution in [0.3, 0.4) is 0 Å². The molecule has 0 aliphatic carbocycles. The summed E-state index contributed by atoms with van der Waals surface area (Å²) in [6.07, 6.45) is 3.95. The van der Waals surface area contributed by atoms with Crippen molar-refractivity contribution >= 4 is 12.6 Å². The first-order valence-corrected chi connectivity index (χ1v) is 4.30. The molecule has 1 heterocycles. The predicted molar refractivity (Wildman–Crippen MR) is 42.7 cm³/mol. The van der Waals surface area contributed by atoms with Crippen LogP contribution in [0.15, 0.2) is 0 Å². The summed E-state index contributed by atoms with van der Waals surface area (Å²) in [4.78, 5) is 0. The highest BCUT2D eigenvalue weighted by Gasteiger charge is 2.12. The maximum absolute atomic E-state index is 4.87. The molecular formula is C7H14NS. The average Bonchev–Trinajstić information content (AvgIpc) is 2.34. The van der Waals surface area contributed by atoms with E-state index in [1.165, 1.54) is 32.4 Å². The summed E-state index contributed by atoms with van der Waals surface area (Å²) >= 11 is 4.87. The Bertz CT molecular complexity index is 69.3. The molecule has 1 aliphatic rings. The van der Waals surface area contributed by atoms with Crippen molar-refractivity contribution in [2.75, 3.05) is 18.8 Å². The Morgan fingerprint density at radius 3 is 3.00 bits per heavy atom. The Balaban J connectivity index is 1.98. The summed E-state index contributed by atoms with van der Waals surface area (Å²) < 4.78 is 0. The first-order valence-electron chi connectivity index (χ1n) is 3.72. The molecule has 1 aliphatic heterocycles. The van der Waals surface area contributed by atoms with Crippen LogP contribution in [0.25, 0.3) is 0 Å². The zero-order chi connectivity index (χ0) is 6.53. The fourth-order valence-electron chi connectivity index (χ4n) is 1.33. The van der Waals surface area contributed by atoms with E-state index < -0.39 is 0 Å². The topological polar surface area (TPSA) is 12.0 Å². The molecule has 53 valence electrons. The van der Waals surface area contributed by atoms with E-state index in [0.717, 1.165) is 11.7 Å². The summed E-state index contributed by atoms with van der Waals surface area (Å²) in [6, 6.07) is 0. The zero-order valence-corrected chi connectivity index (χ0v) is 6.54. The molecule has 1 atom stereocenters. The first-order chi connectivity index (χ1) is 4.43. The molecule has 0 aromatic heterocycles. The van der Waals surface area contributed by atoms with Crippen LogP contribution in [0.4, 0.5) is 0 Å². The summed E-state index contributed by atoms with van der Waals surface area (Å²) in [5.74, 6) is 1.88. The molecule has 1 fully saturated rings. The summed E-state index contributed by atoms with van der Waals surface area (Å²) in [5, 5.41) is 3.35. The highest BCUT2D eigenvalue weighted by atomic mass is 32.1. The van der Waals surface area contributed by atoms with Gasteiger partial charge in [-0.15, -0.1) is 0 Å². The lowest BCUT2D eigenvalue weighted by Crippen LogP contribution is -2.08. The van der Waals surface area contributed by atoms with Crippen molar-refractivity contribution in [2.24, 2.45) is 5.92 Å². The van der Waals surface area contributed by atoms with Gasteiger partial charge in [-0.25, -0.2) is 0 Å². The SMILES string of the molecule is [S]CCCC1CCNC1. The van der Waals surface area contributed by atoms with Gasteiger partial charge in [0, 0.05) is 5.75 Å². The van der Waals surface area contributed by atoms with Crippen LogP contribution in [-0.2, 0) is 0 Å². The second-order valence-electron chi connectivity index (χ2n) is 2.71. The molecular weight excluding hydrogens is 130 g/mol. The molecule has 1 nitrogen and oxygen atoms in total. The molecule has 0 aromatic rings. The van der Waals surface area contributed by atoms with Gasteiger partial charge < -0.3 is 5.32 Å². The minimum absolute atomic E-state index is 0.938. The number of hydrogen-bond acceptors (Lipinski definition) is 1. The summed E-state index contributed by atoms with van der Waals surface area (Å²) in [6.45, 7) is 2.46. The highest BCUT2D eigenvalue weighted by Crippen LogP contribution is 2.13. The molecule has 0 bridgehead atoms. The first kappa shape index (κ1) is 7.42. The molecule has 0 saturated carbocycles. The molecule has 1 unspecified atom stereocenters. The Morgan fingerprint density at radius 1 is 1.56 bits per heavy atom. The number of hydrogen-bond donors (Lipinski definition) is 1. The van der Waals surface area contributed by atoms with Crippen LogP contribution in [0.1, 0.15) is 19.3 Å². The summed E-state index contributed by atoms with van der Waals surface area (Å²) in [5.41, 5.74) is 0. The van der Waals surface area contributed by atoms with Gasteiger partial charge in [-0.05, 0) is 38.3 Å². The third-order valence-electron chi connectivity index (χ3n) is 1.92. The Morgan fingerprint density at radius 2 is 2.44 bits per heavy atom. The molecule has 0 aromatic carbocycles. The lowest BCUT2D eigenvalue weighted by Gasteiger charge is -2.04. The molecule has 2 heteroatoms. The van der Waals surface area contributed by atoms with Crippen molar-refractivity contribution in [2.45, 2.75) is 19.3 Å². The van der Waals surface area contributed by atoms with Gasteiger partial charge in [0.25, 0.3) is 0 Å². The normalized spacial score (nSPS) is 27.0. The predicted octanol–water partition coefficient (Wildman–Crippen LogP) is 1.57. The van der Waals surface area contributed by atoms with Gasteiger partial charge in [0.15, 0.2) is 0 Å². The van der Waals surface area contributed by atoms with Crippen LogP contribution in [0.5, 0.6) is 0 Å². The molecule has 9 heavy (non-hydrogen) atoms. The van der Waals surface area contributed by atoms with Gasteiger partial charge in [-0.1, -0.05) is 12.6 Å². The standard InChI is InChI=1S/C7H14NS/c9-5-1-2-7-3-4-8-6-7/h7-8H,1-6H2. The van der Waals surface area contributed by atoms with Crippen LogP contribution in [0.2, 0.25) is 0 Å². The highest BCUT2D eigenvalue weighted by molar-refractivity contribution is 7.80. The number of rotatable bonds is 3. The van der Waals surface area contributed by atoms with Crippen LogP contribution in [-0.4, -0.2) is 18.8 Å². The zero-order valence-electron chi connectivity index (χ0n) is 5.73. The third-order valence-corrected chi connectivity index (χ3v) is 2.21. The van der Waals surface area contributed by atoms with Crippen molar-refractivity contribution in [3.63, 3.8) is 0 Å². The fourth-order valence-corrected chi connectivity index (χ4v) is 1.50. The van der Waals surface area contributed by atoms with E-state index >= 15 is 0 Å². The van der Waals surface area contributed by atoms with Gasteiger partial charge in [-0.2, -0.15) is 0 Å². The lowest BCUT2D eigenvalue weighted by atomic mass is 10.0. The van der Waals surface area contributed by atoms with Gasteiger partial charge in [0.1, 0.15) is 0 Å². The van der Waals surface area contributed by atoms with Crippen LogP contribution >= 0.6 is 12.6 Å². The van der Waals surface area contributed by atoms with E-state index in [0.29, 0.717) is 0 Å². The van der Waals surface area contributed by atoms with E-state index in [-0.39, 0.29) is 0 Å². The molecule has 1 N–H and O–H groups in total. The van der Waals surface area contributed by atoms with Crippen molar-refractivity contribution in [1.82, 2.24) is 5.32 Å². The van der Waals surface area contributed by atoms with E-state index in [9.17, 15) is 0 Å². The lowest BCUT2D eigenvalue weighted by molar-refractivity contribution is 0.527. The van der Waals surface area contributed by atoms with Crippen LogP contribution < -0.4 is 5.32 Å².